The molecule has 1 aliphatic rings. The third-order valence-corrected chi connectivity index (χ3v) is 7.09. The first kappa shape index (κ1) is 20.4. The number of nitrogens with zero attached hydrogens (tertiary/aromatic N) is 2. The Morgan fingerprint density at radius 3 is 2.43 bits per heavy atom. The molecule has 1 N–H and O–H groups in total. The maximum absolute atomic E-state index is 12.5. The number of nitrogens with one attached hydrogen (secondary N) is 1. The van der Waals surface area contributed by atoms with Gasteiger partial charge in [-0.15, -0.1) is 0 Å². The number of aryl methyl sites for hydroxylation is 1. The van der Waals surface area contributed by atoms with E-state index in [0.717, 1.165) is 25.1 Å². The lowest BCUT2D eigenvalue weighted by molar-refractivity contribution is -0.115. The second-order valence-corrected chi connectivity index (χ2v) is 8.75. The molecule has 1 heterocycles. The van der Waals surface area contributed by atoms with Crippen LogP contribution in [0.1, 0.15) is 25.8 Å². The highest BCUT2D eigenvalue weighted by molar-refractivity contribution is 7.89. The molecule has 0 saturated heterocycles. The van der Waals surface area contributed by atoms with Crippen molar-refractivity contribution in [3.63, 3.8) is 0 Å². The van der Waals surface area contributed by atoms with E-state index in [1.807, 2.05) is 26.0 Å². The minimum absolute atomic E-state index is 0.115. The van der Waals surface area contributed by atoms with Crippen molar-refractivity contribution in [2.45, 2.75) is 31.6 Å². The van der Waals surface area contributed by atoms with Gasteiger partial charge in [-0.25, -0.2) is 8.42 Å². The van der Waals surface area contributed by atoms with Crippen molar-refractivity contribution in [1.29, 1.82) is 0 Å². The summed E-state index contributed by atoms with van der Waals surface area (Å²) in [5.74, 6) is -0.115. The first-order chi connectivity index (χ1) is 13.5. The standard InChI is InChI=1S/C21H27N3O3S/c1-3-24(4-2)28(26,27)19-13-11-18(12-14-19)22-21(25)16-23-15-7-9-17-8-5-6-10-20(17)23/h5-6,8,10-14H,3-4,7,9,15-16H2,1-2H3,(H,22,25). The van der Waals surface area contributed by atoms with Gasteiger partial charge in [-0.1, -0.05) is 32.0 Å². The number of sulfonamides is 1. The van der Waals surface area contributed by atoms with Crippen LogP contribution in [0, 0.1) is 0 Å². The summed E-state index contributed by atoms with van der Waals surface area (Å²) < 4.78 is 26.5. The highest BCUT2D eigenvalue weighted by Crippen LogP contribution is 2.26. The lowest BCUT2D eigenvalue weighted by Crippen LogP contribution is -2.36. The molecule has 7 heteroatoms. The molecular formula is C21H27N3O3S. The van der Waals surface area contributed by atoms with Gasteiger partial charge >= 0.3 is 0 Å². The normalized spacial score (nSPS) is 14.0. The predicted octanol–water partition coefficient (Wildman–Crippen LogP) is 3.11. The van der Waals surface area contributed by atoms with Gasteiger partial charge in [0, 0.05) is 31.0 Å². The number of carbonyl (C=O) groups is 1. The van der Waals surface area contributed by atoms with Crippen LogP contribution in [0.5, 0.6) is 0 Å². The van der Waals surface area contributed by atoms with Crippen LogP contribution >= 0.6 is 0 Å². The van der Waals surface area contributed by atoms with Gasteiger partial charge in [0.15, 0.2) is 0 Å². The lowest BCUT2D eigenvalue weighted by Gasteiger charge is -2.30. The number of hydrogen-bond donors (Lipinski definition) is 1. The minimum atomic E-state index is -3.49. The van der Waals surface area contributed by atoms with Crippen LogP contribution in [0.2, 0.25) is 0 Å². The SMILES string of the molecule is CCN(CC)S(=O)(=O)c1ccc(NC(=O)CN2CCCc3ccccc32)cc1. The second kappa shape index (κ2) is 8.75. The van der Waals surface area contributed by atoms with Crippen LogP contribution in [0.3, 0.4) is 0 Å². The number of anilines is 2. The average molecular weight is 402 g/mol. The molecule has 0 spiro atoms. The van der Waals surface area contributed by atoms with E-state index in [4.69, 9.17) is 0 Å². The topological polar surface area (TPSA) is 69.7 Å². The van der Waals surface area contributed by atoms with Gasteiger partial charge in [0.25, 0.3) is 0 Å². The number of carbonyl (C=O) groups excluding carboxylic acids is 1. The number of rotatable bonds is 7. The van der Waals surface area contributed by atoms with Gasteiger partial charge in [-0.05, 0) is 48.7 Å². The number of para-hydroxylation sites is 1. The molecule has 2 aromatic carbocycles. The fraction of sp³-hybridized carbons (Fsp3) is 0.381. The summed E-state index contributed by atoms with van der Waals surface area (Å²) in [6, 6.07) is 14.5. The van der Waals surface area contributed by atoms with Gasteiger partial charge in [-0.3, -0.25) is 4.79 Å². The molecule has 1 aliphatic heterocycles. The van der Waals surface area contributed by atoms with Gasteiger partial charge < -0.3 is 10.2 Å². The quantitative estimate of drug-likeness (QED) is 0.774. The Balaban J connectivity index is 1.66. The molecule has 150 valence electrons. The van der Waals surface area contributed by atoms with Gasteiger partial charge in [-0.2, -0.15) is 4.31 Å². The van der Waals surface area contributed by atoms with Gasteiger partial charge in [0.2, 0.25) is 15.9 Å². The van der Waals surface area contributed by atoms with Crippen LogP contribution in [0.25, 0.3) is 0 Å². The zero-order valence-corrected chi connectivity index (χ0v) is 17.2. The maximum atomic E-state index is 12.5. The first-order valence-corrected chi connectivity index (χ1v) is 11.1. The van der Waals surface area contributed by atoms with E-state index in [9.17, 15) is 13.2 Å². The number of fused-ring (bicyclic) bond motifs is 1. The summed E-state index contributed by atoms with van der Waals surface area (Å²) in [5, 5.41) is 2.87. The predicted molar refractivity (Wildman–Crippen MR) is 112 cm³/mol. The van der Waals surface area contributed by atoms with E-state index in [2.05, 4.69) is 22.3 Å². The zero-order chi connectivity index (χ0) is 20.1. The van der Waals surface area contributed by atoms with Gasteiger partial charge in [0.1, 0.15) is 0 Å². The van der Waals surface area contributed by atoms with Crippen LogP contribution in [0.15, 0.2) is 53.4 Å². The Kier molecular flexibility index (Phi) is 6.36. The molecule has 6 nitrogen and oxygen atoms in total. The highest BCUT2D eigenvalue weighted by Gasteiger charge is 2.22. The summed E-state index contributed by atoms with van der Waals surface area (Å²) in [6.07, 6.45) is 2.07. The highest BCUT2D eigenvalue weighted by atomic mass is 32.2. The zero-order valence-electron chi connectivity index (χ0n) is 16.4. The lowest BCUT2D eigenvalue weighted by atomic mass is 10.0. The molecule has 0 atom stereocenters. The van der Waals surface area contributed by atoms with E-state index in [0.29, 0.717) is 18.8 Å². The molecule has 0 unspecified atom stereocenters. The Labute approximate surface area is 167 Å². The van der Waals surface area contributed by atoms with E-state index in [1.54, 1.807) is 24.3 Å². The second-order valence-electron chi connectivity index (χ2n) is 6.82. The molecule has 0 bridgehead atoms. The Hall–Kier alpha value is -2.38. The van der Waals surface area contributed by atoms with Crippen LogP contribution in [-0.2, 0) is 21.2 Å². The molecule has 0 aliphatic carbocycles. The Bertz CT molecular complexity index is 922. The summed E-state index contributed by atoms with van der Waals surface area (Å²) in [7, 11) is -3.49. The van der Waals surface area contributed by atoms with Crippen molar-refractivity contribution in [3.05, 3.63) is 54.1 Å². The Morgan fingerprint density at radius 2 is 1.75 bits per heavy atom. The summed E-state index contributed by atoms with van der Waals surface area (Å²) in [5.41, 5.74) is 2.98. The molecule has 0 aromatic heterocycles. The number of hydrogen-bond acceptors (Lipinski definition) is 4. The molecular weight excluding hydrogens is 374 g/mol. The van der Waals surface area contributed by atoms with Crippen molar-refractivity contribution in [1.82, 2.24) is 4.31 Å². The fourth-order valence-electron chi connectivity index (χ4n) is 3.57. The number of amides is 1. The largest absolute Gasteiger partial charge is 0.362 e. The van der Waals surface area contributed by atoms with Gasteiger partial charge in [0.05, 0.1) is 11.4 Å². The van der Waals surface area contributed by atoms with E-state index >= 15 is 0 Å². The molecule has 3 rings (SSSR count). The molecule has 28 heavy (non-hydrogen) atoms. The maximum Gasteiger partial charge on any atom is 0.243 e. The summed E-state index contributed by atoms with van der Waals surface area (Å²) in [4.78, 5) is 14.8. The molecule has 2 aromatic rings. The van der Waals surface area contributed by atoms with Crippen LogP contribution in [-0.4, -0.2) is 44.8 Å². The van der Waals surface area contributed by atoms with Crippen LogP contribution in [0.4, 0.5) is 11.4 Å². The molecule has 0 saturated carbocycles. The van der Waals surface area contributed by atoms with E-state index in [1.165, 1.54) is 9.87 Å². The monoisotopic (exact) mass is 401 g/mol. The third kappa shape index (κ3) is 4.36. The van der Waals surface area contributed by atoms with Crippen molar-refractivity contribution in [2.24, 2.45) is 0 Å². The number of benzene rings is 2. The molecule has 1 amide bonds. The van der Waals surface area contributed by atoms with Crippen molar-refractivity contribution in [3.8, 4) is 0 Å². The van der Waals surface area contributed by atoms with E-state index in [-0.39, 0.29) is 17.3 Å². The molecule has 0 fully saturated rings. The summed E-state index contributed by atoms with van der Waals surface area (Å²) in [6.45, 7) is 5.61. The first-order valence-electron chi connectivity index (χ1n) is 9.68. The van der Waals surface area contributed by atoms with Crippen molar-refractivity contribution in [2.75, 3.05) is 36.4 Å². The van der Waals surface area contributed by atoms with E-state index < -0.39 is 10.0 Å². The van der Waals surface area contributed by atoms with Crippen molar-refractivity contribution >= 4 is 27.3 Å². The average Bonchev–Trinajstić information content (AvgIpc) is 2.69. The molecule has 0 radical (unpaired) electrons. The Morgan fingerprint density at radius 1 is 1.07 bits per heavy atom. The smallest absolute Gasteiger partial charge is 0.243 e. The summed E-state index contributed by atoms with van der Waals surface area (Å²) >= 11 is 0. The third-order valence-electron chi connectivity index (χ3n) is 5.02. The minimum Gasteiger partial charge on any atom is -0.362 e. The fourth-order valence-corrected chi connectivity index (χ4v) is 5.03. The van der Waals surface area contributed by atoms with Crippen molar-refractivity contribution < 1.29 is 13.2 Å². The van der Waals surface area contributed by atoms with Crippen LogP contribution < -0.4 is 10.2 Å².